The van der Waals surface area contributed by atoms with E-state index in [1.165, 1.54) is 0 Å². The van der Waals surface area contributed by atoms with E-state index in [4.69, 9.17) is 4.74 Å². The van der Waals surface area contributed by atoms with Gasteiger partial charge in [0, 0.05) is 0 Å². The van der Waals surface area contributed by atoms with Crippen molar-refractivity contribution in [1.82, 2.24) is 0 Å². The Morgan fingerprint density at radius 2 is 1.60 bits per heavy atom. The Kier molecular flexibility index (Phi) is 4.38. The van der Waals surface area contributed by atoms with Crippen LogP contribution in [0, 0.1) is 0 Å². The number of hydrogen-bond acceptors (Lipinski definition) is 4. The molecule has 1 spiro atoms. The highest BCUT2D eigenvalue weighted by Gasteiger charge is 2.54. The van der Waals surface area contributed by atoms with Crippen molar-refractivity contribution in [3.63, 3.8) is 0 Å². The molecule has 0 saturated heterocycles. The number of anilines is 2. The van der Waals surface area contributed by atoms with Crippen molar-refractivity contribution >= 4 is 29.2 Å². The van der Waals surface area contributed by atoms with Crippen LogP contribution < -0.4 is 10.2 Å². The summed E-state index contributed by atoms with van der Waals surface area (Å²) in [6.45, 7) is -0.364. The molecule has 2 aromatic rings. The minimum absolute atomic E-state index is 0.152. The molecule has 2 aromatic carbocycles. The number of ether oxygens (including phenoxy) is 1. The van der Waals surface area contributed by atoms with Crippen LogP contribution in [0.4, 0.5) is 11.4 Å². The van der Waals surface area contributed by atoms with E-state index in [2.05, 4.69) is 5.32 Å². The summed E-state index contributed by atoms with van der Waals surface area (Å²) in [7, 11) is 0. The predicted molar refractivity (Wildman–Crippen MR) is 112 cm³/mol. The van der Waals surface area contributed by atoms with Crippen LogP contribution in [0.2, 0.25) is 0 Å². The quantitative estimate of drug-likeness (QED) is 0.791. The molecule has 0 aromatic heterocycles. The van der Waals surface area contributed by atoms with E-state index in [0.29, 0.717) is 24.2 Å². The maximum atomic E-state index is 13.3. The van der Waals surface area contributed by atoms with Crippen LogP contribution >= 0.6 is 0 Å². The number of hydrogen-bond donors (Lipinski definition) is 1. The van der Waals surface area contributed by atoms with E-state index in [0.717, 1.165) is 31.2 Å². The fourth-order valence-electron chi connectivity index (χ4n) is 4.95. The highest BCUT2D eigenvalue weighted by atomic mass is 16.5. The second kappa shape index (κ2) is 6.97. The number of nitrogens with one attached hydrogen (secondary N) is 1. The first-order valence-electron chi connectivity index (χ1n) is 10.5. The lowest BCUT2D eigenvalue weighted by atomic mass is 9.90. The summed E-state index contributed by atoms with van der Waals surface area (Å²) in [4.78, 5) is 40.8. The molecular formula is C24H24N2O4. The van der Waals surface area contributed by atoms with Crippen molar-refractivity contribution in [2.75, 3.05) is 16.8 Å². The second-order valence-electron chi connectivity index (χ2n) is 8.46. The summed E-state index contributed by atoms with van der Waals surface area (Å²) in [6, 6.07) is 16.9. The summed E-state index contributed by atoms with van der Waals surface area (Å²) >= 11 is 0. The number of amides is 2. The van der Waals surface area contributed by atoms with Gasteiger partial charge in [-0.25, -0.2) is 0 Å². The Bertz CT molecular complexity index is 1010. The average molecular weight is 404 g/mol. The molecule has 5 rings (SSSR count). The zero-order valence-corrected chi connectivity index (χ0v) is 16.7. The van der Waals surface area contributed by atoms with Gasteiger partial charge in [-0.2, -0.15) is 0 Å². The molecule has 2 saturated carbocycles. The molecule has 2 fully saturated rings. The number of fused-ring (bicyclic) bond motifs is 1. The number of nitrogens with zero attached hydrogens (tertiary/aromatic N) is 1. The van der Waals surface area contributed by atoms with Gasteiger partial charge in [-0.1, -0.05) is 55.3 Å². The van der Waals surface area contributed by atoms with Gasteiger partial charge in [0.05, 0.1) is 16.8 Å². The van der Waals surface area contributed by atoms with Crippen LogP contribution in [0.15, 0.2) is 54.6 Å². The molecule has 30 heavy (non-hydrogen) atoms. The van der Waals surface area contributed by atoms with Crippen molar-refractivity contribution in [1.29, 1.82) is 0 Å². The standard InChI is InChI=1S/C24H24N2O4/c27-20(16-30-22(29)23(14-15-23)17-8-2-1-3-9-17)26-19-11-5-4-10-18(19)25-21(28)24(26)12-6-7-13-24/h1-5,8-11H,6-7,12-16H2,(H,25,28). The van der Waals surface area contributed by atoms with E-state index in [1.54, 1.807) is 11.0 Å². The first kappa shape index (κ1) is 18.9. The number of rotatable bonds is 4. The zero-order chi connectivity index (χ0) is 20.8. The molecular weight excluding hydrogens is 380 g/mol. The summed E-state index contributed by atoms with van der Waals surface area (Å²) in [5.41, 5.74) is 0.683. The second-order valence-corrected chi connectivity index (χ2v) is 8.46. The van der Waals surface area contributed by atoms with Gasteiger partial charge in [0.1, 0.15) is 5.54 Å². The van der Waals surface area contributed by atoms with Crippen LogP contribution in [0.1, 0.15) is 44.1 Å². The Balaban J connectivity index is 1.38. The lowest BCUT2D eigenvalue weighted by Crippen LogP contribution is -2.61. The van der Waals surface area contributed by atoms with Gasteiger partial charge in [-0.15, -0.1) is 0 Å². The van der Waals surface area contributed by atoms with Gasteiger partial charge < -0.3 is 10.1 Å². The molecule has 2 aliphatic carbocycles. The van der Waals surface area contributed by atoms with Crippen molar-refractivity contribution in [2.45, 2.75) is 49.5 Å². The molecule has 1 heterocycles. The molecule has 0 bridgehead atoms. The lowest BCUT2D eigenvalue weighted by molar-refractivity contribution is -0.151. The molecule has 0 atom stereocenters. The largest absolute Gasteiger partial charge is 0.455 e. The average Bonchev–Trinajstić information content (AvgIpc) is 3.45. The third-order valence-corrected chi connectivity index (χ3v) is 6.72. The predicted octanol–water partition coefficient (Wildman–Crippen LogP) is 3.56. The van der Waals surface area contributed by atoms with E-state index in [-0.39, 0.29) is 24.4 Å². The fraction of sp³-hybridized carbons (Fsp3) is 0.375. The van der Waals surface area contributed by atoms with Gasteiger partial charge >= 0.3 is 5.97 Å². The summed E-state index contributed by atoms with van der Waals surface area (Å²) in [5, 5.41) is 2.96. The molecule has 3 aliphatic rings. The molecule has 6 heteroatoms. The molecule has 2 amide bonds. The monoisotopic (exact) mass is 404 g/mol. The van der Waals surface area contributed by atoms with Gasteiger partial charge in [0.25, 0.3) is 11.8 Å². The van der Waals surface area contributed by atoms with Gasteiger partial charge in [0.15, 0.2) is 6.61 Å². The third kappa shape index (κ3) is 2.82. The Morgan fingerprint density at radius 1 is 0.933 bits per heavy atom. The minimum Gasteiger partial charge on any atom is -0.455 e. The minimum atomic E-state index is -0.894. The maximum absolute atomic E-state index is 13.3. The van der Waals surface area contributed by atoms with E-state index in [1.807, 2.05) is 48.5 Å². The number of carbonyl (C=O) groups is 3. The maximum Gasteiger partial charge on any atom is 0.317 e. The first-order valence-corrected chi connectivity index (χ1v) is 10.5. The zero-order valence-electron chi connectivity index (χ0n) is 16.7. The van der Waals surface area contributed by atoms with E-state index < -0.39 is 11.0 Å². The van der Waals surface area contributed by atoms with Crippen LogP contribution in [0.3, 0.4) is 0 Å². The van der Waals surface area contributed by atoms with Crippen LogP contribution in [0.5, 0.6) is 0 Å². The third-order valence-electron chi connectivity index (χ3n) is 6.72. The fourth-order valence-corrected chi connectivity index (χ4v) is 4.95. The number of para-hydroxylation sites is 2. The smallest absolute Gasteiger partial charge is 0.317 e. The van der Waals surface area contributed by atoms with E-state index >= 15 is 0 Å². The van der Waals surface area contributed by atoms with Crippen LogP contribution in [0.25, 0.3) is 0 Å². The number of carbonyl (C=O) groups excluding carboxylic acids is 3. The molecule has 1 aliphatic heterocycles. The van der Waals surface area contributed by atoms with Crippen molar-refractivity contribution in [3.05, 3.63) is 60.2 Å². The molecule has 0 unspecified atom stereocenters. The SMILES string of the molecule is O=C(COC(=O)C1(c2ccccc2)CC1)N1c2ccccc2NC(=O)C12CCCC2. The highest BCUT2D eigenvalue weighted by molar-refractivity contribution is 6.15. The summed E-state index contributed by atoms with van der Waals surface area (Å²) < 4.78 is 5.53. The molecule has 154 valence electrons. The van der Waals surface area contributed by atoms with Crippen LogP contribution in [-0.4, -0.2) is 29.9 Å². The lowest BCUT2D eigenvalue weighted by Gasteiger charge is -2.44. The highest BCUT2D eigenvalue weighted by Crippen LogP contribution is 2.49. The van der Waals surface area contributed by atoms with Crippen LogP contribution in [-0.2, 0) is 24.5 Å². The Hall–Kier alpha value is -3.15. The van der Waals surface area contributed by atoms with Crippen molar-refractivity contribution in [2.24, 2.45) is 0 Å². The van der Waals surface area contributed by atoms with Crippen molar-refractivity contribution < 1.29 is 19.1 Å². The first-order chi connectivity index (χ1) is 14.6. The van der Waals surface area contributed by atoms with Gasteiger partial charge in [0.2, 0.25) is 0 Å². The normalized spacial score (nSPS) is 20.4. The summed E-state index contributed by atoms with van der Waals surface area (Å²) in [6.07, 6.45) is 4.44. The molecule has 0 radical (unpaired) electrons. The van der Waals surface area contributed by atoms with Gasteiger partial charge in [-0.3, -0.25) is 19.3 Å². The van der Waals surface area contributed by atoms with Gasteiger partial charge in [-0.05, 0) is 43.4 Å². The topological polar surface area (TPSA) is 75.7 Å². The molecule has 6 nitrogen and oxygen atoms in total. The summed E-state index contributed by atoms with van der Waals surface area (Å²) in [5.74, 6) is -0.866. The number of esters is 1. The Morgan fingerprint density at radius 3 is 2.30 bits per heavy atom. The number of benzene rings is 2. The molecule has 1 N–H and O–H groups in total. The Labute approximate surface area is 175 Å². The van der Waals surface area contributed by atoms with E-state index in [9.17, 15) is 14.4 Å². The van der Waals surface area contributed by atoms with Crippen molar-refractivity contribution in [3.8, 4) is 0 Å².